The molecule has 5 nitrogen and oxygen atoms in total. The molecule has 0 aliphatic heterocycles. The van der Waals surface area contributed by atoms with E-state index in [1.165, 1.54) is 30.3 Å². The van der Waals surface area contributed by atoms with Crippen LogP contribution in [-0.2, 0) is 10.0 Å². The molecule has 0 aromatic heterocycles. The van der Waals surface area contributed by atoms with Crippen molar-refractivity contribution in [2.75, 3.05) is 4.72 Å². The number of benzene rings is 2. The first kappa shape index (κ1) is 14.5. The lowest BCUT2D eigenvalue weighted by atomic mass is 10.2. The summed E-state index contributed by atoms with van der Waals surface area (Å²) in [5.74, 6) is -0.730. The minimum atomic E-state index is -3.92. The summed E-state index contributed by atoms with van der Waals surface area (Å²) in [4.78, 5) is -0.0932. The third-order valence-electron chi connectivity index (χ3n) is 2.61. The van der Waals surface area contributed by atoms with Crippen molar-refractivity contribution in [3.63, 3.8) is 0 Å². The zero-order chi connectivity index (χ0) is 15.5. The van der Waals surface area contributed by atoms with E-state index in [-0.39, 0.29) is 21.7 Å². The van der Waals surface area contributed by atoms with Gasteiger partial charge >= 0.3 is 0 Å². The van der Waals surface area contributed by atoms with E-state index in [1.54, 1.807) is 6.07 Å². The molecule has 7 heteroatoms. The summed E-state index contributed by atoms with van der Waals surface area (Å²) in [7, 11) is -3.92. The van der Waals surface area contributed by atoms with Crippen molar-refractivity contribution in [3.8, 4) is 12.1 Å². The van der Waals surface area contributed by atoms with Crippen molar-refractivity contribution in [3.05, 3.63) is 59.4 Å². The molecule has 0 radical (unpaired) electrons. The summed E-state index contributed by atoms with van der Waals surface area (Å²) >= 11 is 0. The van der Waals surface area contributed by atoms with E-state index in [9.17, 15) is 12.8 Å². The molecule has 0 aliphatic rings. The number of anilines is 1. The number of nitrogens with one attached hydrogen (secondary N) is 1. The minimum Gasteiger partial charge on any atom is -0.280 e. The average molecular weight is 301 g/mol. The molecule has 2 rings (SSSR count). The third kappa shape index (κ3) is 3.16. The van der Waals surface area contributed by atoms with Crippen LogP contribution in [0.3, 0.4) is 0 Å². The number of rotatable bonds is 3. The van der Waals surface area contributed by atoms with E-state index in [0.717, 1.165) is 12.1 Å². The van der Waals surface area contributed by atoms with Gasteiger partial charge in [0.1, 0.15) is 11.9 Å². The van der Waals surface area contributed by atoms with Gasteiger partial charge < -0.3 is 0 Å². The molecule has 0 spiro atoms. The predicted octanol–water partition coefficient (Wildman–Crippen LogP) is 2.37. The molecule has 0 heterocycles. The molecule has 104 valence electrons. The van der Waals surface area contributed by atoms with Gasteiger partial charge in [0.2, 0.25) is 0 Å². The van der Waals surface area contributed by atoms with Crippen molar-refractivity contribution in [2.45, 2.75) is 4.90 Å². The zero-order valence-corrected chi connectivity index (χ0v) is 11.4. The van der Waals surface area contributed by atoms with Crippen molar-refractivity contribution in [2.24, 2.45) is 0 Å². The van der Waals surface area contributed by atoms with Crippen molar-refractivity contribution >= 4 is 15.7 Å². The monoisotopic (exact) mass is 301 g/mol. The number of hydrogen-bond donors (Lipinski definition) is 1. The molecule has 0 saturated heterocycles. The molecule has 2 aromatic rings. The average Bonchev–Trinajstić information content (AvgIpc) is 2.49. The smallest absolute Gasteiger partial charge is 0.261 e. The Morgan fingerprint density at radius 2 is 1.81 bits per heavy atom. The molecule has 1 N–H and O–H groups in total. The van der Waals surface area contributed by atoms with E-state index in [4.69, 9.17) is 10.5 Å². The van der Waals surface area contributed by atoms with Gasteiger partial charge in [0, 0.05) is 0 Å². The second-order valence-corrected chi connectivity index (χ2v) is 5.73. The molecule has 0 unspecified atom stereocenters. The molecule has 0 bridgehead atoms. The fraction of sp³-hybridized carbons (Fsp3) is 0. The van der Waals surface area contributed by atoms with E-state index in [1.807, 2.05) is 6.07 Å². The largest absolute Gasteiger partial charge is 0.280 e. The van der Waals surface area contributed by atoms with Gasteiger partial charge in [-0.2, -0.15) is 10.5 Å². The second kappa shape index (κ2) is 5.61. The molecule has 21 heavy (non-hydrogen) atoms. The predicted molar refractivity (Wildman–Crippen MR) is 73.1 cm³/mol. The SMILES string of the molecule is N#Cc1cccc(S(=O)(=O)Nc2ccc(F)c(C#N)c2)c1. The Hall–Kier alpha value is -2.90. The maximum absolute atomic E-state index is 13.2. The van der Waals surface area contributed by atoms with Crippen LogP contribution in [0.25, 0.3) is 0 Å². The summed E-state index contributed by atoms with van der Waals surface area (Å²) in [6.45, 7) is 0. The van der Waals surface area contributed by atoms with E-state index < -0.39 is 15.8 Å². The highest BCUT2D eigenvalue weighted by atomic mass is 32.2. The van der Waals surface area contributed by atoms with Crippen molar-refractivity contribution in [1.29, 1.82) is 10.5 Å². The van der Waals surface area contributed by atoms with Gasteiger partial charge in [-0.05, 0) is 36.4 Å². The lowest BCUT2D eigenvalue weighted by Crippen LogP contribution is -2.13. The Balaban J connectivity index is 2.38. The summed E-state index contributed by atoms with van der Waals surface area (Å²) in [6.07, 6.45) is 0. The van der Waals surface area contributed by atoms with Gasteiger partial charge in [-0.3, -0.25) is 4.72 Å². The van der Waals surface area contributed by atoms with E-state index in [0.29, 0.717) is 0 Å². The van der Waals surface area contributed by atoms with Crippen LogP contribution < -0.4 is 4.72 Å². The molecule has 0 saturated carbocycles. The first-order valence-corrected chi connectivity index (χ1v) is 7.17. The number of nitriles is 2. The normalized spacial score (nSPS) is 10.4. The number of halogens is 1. The first-order chi connectivity index (χ1) is 9.96. The van der Waals surface area contributed by atoms with E-state index >= 15 is 0 Å². The molecule has 0 aliphatic carbocycles. The molecule has 2 aromatic carbocycles. The summed E-state index contributed by atoms with van der Waals surface area (Å²) in [5, 5.41) is 17.5. The Labute approximate surface area is 120 Å². The molecule has 0 atom stereocenters. The Morgan fingerprint density at radius 3 is 2.48 bits per heavy atom. The van der Waals surface area contributed by atoms with Crippen LogP contribution in [0.5, 0.6) is 0 Å². The minimum absolute atomic E-state index is 0.0651. The van der Waals surface area contributed by atoms with Crippen LogP contribution in [0.15, 0.2) is 47.4 Å². The van der Waals surface area contributed by atoms with Gasteiger partial charge in [0.15, 0.2) is 0 Å². The Morgan fingerprint density at radius 1 is 1.05 bits per heavy atom. The van der Waals surface area contributed by atoms with E-state index in [2.05, 4.69) is 4.72 Å². The quantitative estimate of drug-likeness (QED) is 0.941. The molecular formula is C14H8FN3O2S. The van der Waals surface area contributed by atoms with Gasteiger partial charge in [-0.25, -0.2) is 12.8 Å². The Kier molecular flexibility index (Phi) is 3.88. The maximum atomic E-state index is 13.2. The molecular weight excluding hydrogens is 293 g/mol. The first-order valence-electron chi connectivity index (χ1n) is 5.69. The zero-order valence-electron chi connectivity index (χ0n) is 10.5. The fourth-order valence-corrected chi connectivity index (χ4v) is 2.72. The van der Waals surface area contributed by atoms with Crippen LogP contribution in [0.1, 0.15) is 11.1 Å². The third-order valence-corrected chi connectivity index (χ3v) is 3.99. The van der Waals surface area contributed by atoms with Crippen LogP contribution in [0.4, 0.5) is 10.1 Å². The second-order valence-electron chi connectivity index (χ2n) is 4.05. The standard InChI is InChI=1S/C14H8FN3O2S/c15-14-5-4-12(7-11(14)9-17)18-21(19,20)13-3-1-2-10(6-13)8-16/h1-7,18H. The van der Waals surface area contributed by atoms with Crippen LogP contribution in [0, 0.1) is 28.5 Å². The lowest BCUT2D eigenvalue weighted by Gasteiger charge is -2.08. The van der Waals surface area contributed by atoms with Gasteiger partial charge in [0.25, 0.3) is 10.0 Å². The highest BCUT2D eigenvalue weighted by molar-refractivity contribution is 7.92. The topological polar surface area (TPSA) is 93.8 Å². The van der Waals surface area contributed by atoms with Crippen LogP contribution in [-0.4, -0.2) is 8.42 Å². The van der Waals surface area contributed by atoms with Crippen LogP contribution >= 0.6 is 0 Å². The highest BCUT2D eigenvalue weighted by Gasteiger charge is 2.15. The number of nitrogens with zero attached hydrogens (tertiary/aromatic N) is 2. The maximum Gasteiger partial charge on any atom is 0.261 e. The number of hydrogen-bond acceptors (Lipinski definition) is 4. The fourth-order valence-electron chi connectivity index (χ4n) is 1.62. The van der Waals surface area contributed by atoms with Gasteiger partial charge in [-0.15, -0.1) is 0 Å². The molecule has 0 amide bonds. The summed E-state index contributed by atoms with van der Waals surface area (Å²) in [6, 6.07) is 12.3. The summed E-state index contributed by atoms with van der Waals surface area (Å²) < 4.78 is 39.7. The van der Waals surface area contributed by atoms with Gasteiger partial charge in [0.05, 0.1) is 27.8 Å². The van der Waals surface area contributed by atoms with Crippen molar-refractivity contribution in [1.82, 2.24) is 0 Å². The number of sulfonamides is 1. The Bertz CT molecular complexity index is 880. The summed E-state index contributed by atoms with van der Waals surface area (Å²) in [5.41, 5.74) is 0.00554. The van der Waals surface area contributed by atoms with Crippen molar-refractivity contribution < 1.29 is 12.8 Å². The van der Waals surface area contributed by atoms with Crippen LogP contribution in [0.2, 0.25) is 0 Å². The molecule has 0 fully saturated rings. The lowest BCUT2D eigenvalue weighted by molar-refractivity contribution is 0.601. The van der Waals surface area contributed by atoms with Gasteiger partial charge in [-0.1, -0.05) is 6.07 Å². The highest BCUT2D eigenvalue weighted by Crippen LogP contribution is 2.19.